The van der Waals surface area contributed by atoms with E-state index in [1.807, 2.05) is 42.6 Å². The summed E-state index contributed by atoms with van der Waals surface area (Å²) in [6.07, 6.45) is 0. The van der Waals surface area contributed by atoms with Gasteiger partial charge >= 0.3 is 0 Å². The Labute approximate surface area is 145 Å². The Morgan fingerprint density at radius 2 is 2.08 bits per heavy atom. The fraction of sp³-hybridized carbons (Fsp3) is 0.333. The molecule has 2 heterocycles. The molecule has 5 nitrogen and oxygen atoms in total. The minimum Gasteiger partial charge on any atom is -0.397 e. The highest BCUT2D eigenvalue weighted by Crippen LogP contribution is 2.31. The summed E-state index contributed by atoms with van der Waals surface area (Å²) < 4.78 is 0. The van der Waals surface area contributed by atoms with Crippen molar-refractivity contribution in [2.24, 2.45) is 11.8 Å². The Morgan fingerprint density at radius 3 is 2.71 bits per heavy atom. The highest BCUT2D eigenvalue weighted by molar-refractivity contribution is 7.13. The first kappa shape index (κ1) is 16.5. The van der Waals surface area contributed by atoms with Crippen molar-refractivity contribution < 1.29 is 9.59 Å². The Kier molecular flexibility index (Phi) is 4.57. The Morgan fingerprint density at radius 1 is 1.29 bits per heavy atom. The van der Waals surface area contributed by atoms with E-state index in [-0.39, 0.29) is 23.7 Å². The van der Waals surface area contributed by atoms with E-state index in [0.29, 0.717) is 24.5 Å². The number of nitrogens with one attached hydrogen (secondary N) is 1. The van der Waals surface area contributed by atoms with Gasteiger partial charge in [0.15, 0.2) is 0 Å². The number of thiophene rings is 1. The monoisotopic (exact) mass is 343 g/mol. The van der Waals surface area contributed by atoms with Crippen LogP contribution in [-0.2, 0) is 9.59 Å². The fourth-order valence-electron chi connectivity index (χ4n) is 3.05. The lowest BCUT2D eigenvalue weighted by Gasteiger charge is -2.16. The van der Waals surface area contributed by atoms with Crippen LogP contribution in [0.3, 0.4) is 0 Å². The molecule has 2 aromatic rings. The van der Waals surface area contributed by atoms with Gasteiger partial charge in [0.25, 0.3) is 0 Å². The van der Waals surface area contributed by atoms with Gasteiger partial charge in [0.1, 0.15) is 0 Å². The van der Waals surface area contributed by atoms with E-state index < -0.39 is 0 Å². The molecule has 1 aliphatic rings. The molecule has 2 atom stereocenters. The van der Waals surface area contributed by atoms with E-state index in [1.54, 1.807) is 16.2 Å². The van der Waals surface area contributed by atoms with Gasteiger partial charge in [-0.2, -0.15) is 0 Å². The van der Waals surface area contributed by atoms with Crippen molar-refractivity contribution in [3.63, 3.8) is 0 Å². The number of nitrogens with two attached hydrogens (primary N) is 1. The average molecular weight is 343 g/mol. The molecule has 0 saturated carbocycles. The number of likely N-dealkylation sites (tertiary alicyclic amines) is 1. The van der Waals surface area contributed by atoms with E-state index in [4.69, 9.17) is 5.73 Å². The smallest absolute Gasteiger partial charge is 0.229 e. The number of amides is 2. The highest BCUT2D eigenvalue weighted by Gasteiger charge is 2.36. The van der Waals surface area contributed by atoms with Crippen LogP contribution in [0.25, 0.3) is 10.4 Å². The fourth-order valence-corrected chi connectivity index (χ4v) is 3.78. The third-order valence-corrected chi connectivity index (χ3v) is 5.43. The molecule has 3 rings (SSSR count). The van der Waals surface area contributed by atoms with Crippen LogP contribution >= 0.6 is 11.3 Å². The highest BCUT2D eigenvalue weighted by atomic mass is 32.1. The molecule has 1 fully saturated rings. The van der Waals surface area contributed by atoms with Crippen molar-refractivity contribution in [1.29, 1.82) is 0 Å². The molecule has 1 saturated heterocycles. The summed E-state index contributed by atoms with van der Waals surface area (Å²) >= 11 is 1.64. The number of rotatable bonds is 3. The molecule has 0 bridgehead atoms. The van der Waals surface area contributed by atoms with E-state index in [1.165, 1.54) is 6.92 Å². The normalized spacial score (nSPS) is 20.2. The van der Waals surface area contributed by atoms with E-state index in [0.717, 1.165) is 10.4 Å². The zero-order valence-electron chi connectivity index (χ0n) is 13.8. The summed E-state index contributed by atoms with van der Waals surface area (Å²) in [5.74, 6) is -0.146. The Hall–Kier alpha value is -2.34. The van der Waals surface area contributed by atoms with Gasteiger partial charge in [0.2, 0.25) is 11.8 Å². The number of carbonyl (C=O) groups excluding carboxylic acids is 2. The lowest BCUT2D eigenvalue weighted by molar-refractivity contribution is -0.128. The zero-order chi connectivity index (χ0) is 17.3. The standard InChI is InChI=1S/C18H21N3O2S/c1-11-9-21(12(2)22)10-14(11)18(23)20-16-8-13(5-6-15(16)19)17-4-3-7-24-17/h3-8,11,14H,9-10,19H2,1-2H3,(H,20,23). The number of anilines is 2. The maximum atomic E-state index is 12.6. The summed E-state index contributed by atoms with van der Waals surface area (Å²) in [4.78, 5) is 27.0. The second-order valence-corrected chi connectivity index (χ2v) is 7.22. The van der Waals surface area contributed by atoms with Crippen LogP contribution in [0.2, 0.25) is 0 Å². The van der Waals surface area contributed by atoms with Gasteiger partial charge in [-0.25, -0.2) is 0 Å². The molecular formula is C18H21N3O2S. The molecule has 3 N–H and O–H groups in total. The number of carbonyl (C=O) groups is 2. The Bertz CT molecular complexity index is 758. The second-order valence-electron chi connectivity index (χ2n) is 6.28. The van der Waals surface area contributed by atoms with Crippen LogP contribution < -0.4 is 11.1 Å². The largest absolute Gasteiger partial charge is 0.397 e. The van der Waals surface area contributed by atoms with Gasteiger partial charge in [-0.15, -0.1) is 11.3 Å². The molecule has 0 aliphatic carbocycles. The third-order valence-electron chi connectivity index (χ3n) is 4.51. The van der Waals surface area contributed by atoms with Crippen molar-refractivity contribution >= 4 is 34.5 Å². The maximum absolute atomic E-state index is 12.6. The number of hydrogen-bond acceptors (Lipinski definition) is 4. The van der Waals surface area contributed by atoms with Gasteiger partial charge < -0.3 is 16.0 Å². The third kappa shape index (κ3) is 3.28. The summed E-state index contributed by atoms with van der Waals surface area (Å²) in [6.45, 7) is 4.62. The van der Waals surface area contributed by atoms with E-state index in [9.17, 15) is 9.59 Å². The molecule has 2 unspecified atom stereocenters. The number of benzene rings is 1. The molecule has 1 aromatic heterocycles. The second kappa shape index (κ2) is 6.65. The lowest BCUT2D eigenvalue weighted by Crippen LogP contribution is -2.30. The number of nitrogens with zero attached hydrogens (tertiary/aromatic N) is 1. The molecule has 1 aliphatic heterocycles. The maximum Gasteiger partial charge on any atom is 0.229 e. The van der Waals surface area contributed by atoms with Gasteiger partial charge in [0.05, 0.1) is 17.3 Å². The lowest BCUT2D eigenvalue weighted by atomic mass is 9.97. The average Bonchev–Trinajstić information content (AvgIpc) is 3.19. The minimum absolute atomic E-state index is 0.0105. The zero-order valence-corrected chi connectivity index (χ0v) is 14.6. The SMILES string of the molecule is CC(=O)N1CC(C)C(C(=O)Nc2cc(-c3cccs3)ccc2N)C1. The first-order chi connectivity index (χ1) is 11.5. The summed E-state index contributed by atoms with van der Waals surface area (Å²) in [5.41, 5.74) is 8.22. The van der Waals surface area contributed by atoms with Crippen molar-refractivity contribution in [3.05, 3.63) is 35.7 Å². The topological polar surface area (TPSA) is 75.4 Å². The van der Waals surface area contributed by atoms with Crippen molar-refractivity contribution in [2.45, 2.75) is 13.8 Å². The minimum atomic E-state index is -0.210. The van der Waals surface area contributed by atoms with Gasteiger partial charge in [0, 0.05) is 24.9 Å². The predicted molar refractivity (Wildman–Crippen MR) is 97.7 cm³/mol. The molecular weight excluding hydrogens is 322 g/mol. The van der Waals surface area contributed by atoms with Crippen LogP contribution in [0.15, 0.2) is 35.7 Å². The quantitative estimate of drug-likeness (QED) is 0.841. The first-order valence-corrected chi connectivity index (χ1v) is 8.83. The van der Waals surface area contributed by atoms with Gasteiger partial charge in [-0.05, 0) is 35.1 Å². The van der Waals surface area contributed by atoms with E-state index >= 15 is 0 Å². The Balaban J connectivity index is 1.77. The number of nitrogen functional groups attached to an aromatic ring is 1. The molecule has 126 valence electrons. The van der Waals surface area contributed by atoms with Crippen molar-refractivity contribution in [3.8, 4) is 10.4 Å². The predicted octanol–water partition coefficient (Wildman–Crippen LogP) is 3.05. The van der Waals surface area contributed by atoms with Gasteiger partial charge in [-0.3, -0.25) is 9.59 Å². The number of hydrogen-bond donors (Lipinski definition) is 2. The van der Waals surface area contributed by atoms with Crippen LogP contribution in [0.4, 0.5) is 11.4 Å². The summed E-state index contributed by atoms with van der Waals surface area (Å²) in [5, 5.41) is 4.96. The van der Waals surface area contributed by atoms with Crippen LogP contribution in [0.1, 0.15) is 13.8 Å². The first-order valence-electron chi connectivity index (χ1n) is 7.95. The van der Waals surface area contributed by atoms with E-state index in [2.05, 4.69) is 5.32 Å². The molecule has 1 aromatic carbocycles. The molecule has 0 radical (unpaired) electrons. The summed E-state index contributed by atoms with van der Waals surface area (Å²) in [6, 6.07) is 9.69. The molecule has 6 heteroatoms. The van der Waals surface area contributed by atoms with Crippen LogP contribution in [-0.4, -0.2) is 29.8 Å². The molecule has 24 heavy (non-hydrogen) atoms. The van der Waals surface area contributed by atoms with Crippen molar-refractivity contribution in [1.82, 2.24) is 4.90 Å². The van der Waals surface area contributed by atoms with Gasteiger partial charge in [-0.1, -0.05) is 19.1 Å². The van der Waals surface area contributed by atoms with Crippen LogP contribution in [0, 0.1) is 11.8 Å². The van der Waals surface area contributed by atoms with Crippen molar-refractivity contribution in [2.75, 3.05) is 24.1 Å². The molecule has 2 amide bonds. The summed E-state index contributed by atoms with van der Waals surface area (Å²) in [7, 11) is 0. The van der Waals surface area contributed by atoms with Crippen LogP contribution in [0.5, 0.6) is 0 Å². The molecule has 0 spiro atoms.